The van der Waals surface area contributed by atoms with Crippen LogP contribution in [0.15, 0.2) is 83.6 Å². The molecule has 0 radical (unpaired) electrons. The van der Waals surface area contributed by atoms with E-state index >= 15 is 0 Å². The lowest BCUT2D eigenvalue weighted by molar-refractivity contribution is -0.146. The molecular formula is C28H22O4S2. The topological polar surface area (TPSA) is 52.6 Å². The molecular weight excluding hydrogens is 464 g/mol. The van der Waals surface area contributed by atoms with E-state index in [0.717, 1.165) is 42.4 Å². The van der Waals surface area contributed by atoms with Crippen molar-refractivity contribution >= 4 is 54.8 Å². The van der Waals surface area contributed by atoms with E-state index < -0.39 is 12.2 Å². The van der Waals surface area contributed by atoms with Crippen molar-refractivity contribution in [3.63, 3.8) is 0 Å². The SMILES string of the molecule is CC(=O)OC(c1ccccc1C(OC(C)=O)c1csc2ccccc12)c1csc2ccccc12. The molecule has 0 aliphatic rings. The third-order valence-corrected chi connectivity index (χ3v) is 7.68. The van der Waals surface area contributed by atoms with Gasteiger partial charge in [0.1, 0.15) is 0 Å². The van der Waals surface area contributed by atoms with Gasteiger partial charge in [0.25, 0.3) is 0 Å². The van der Waals surface area contributed by atoms with Crippen LogP contribution in [-0.2, 0) is 19.1 Å². The summed E-state index contributed by atoms with van der Waals surface area (Å²) in [6.45, 7) is 2.83. The molecule has 0 N–H and O–H groups in total. The van der Waals surface area contributed by atoms with Crippen molar-refractivity contribution in [1.82, 2.24) is 0 Å². The van der Waals surface area contributed by atoms with E-state index in [1.54, 1.807) is 22.7 Å². The van der Waals surface area contributed by atoms with Crippen LogP contribution < -0.4 is 0 Å². The molecule has 0 saturated carbocycles. The molecule has 6 heteroatoms. The number of fused-ring (bicyclic) bond motifs is 2. The van der Waals surface area contributed by atoms with Crippen molar-refractivity contribution in [2.75, 3.05) is 0 Å². The van der Waals surface area contributed by atoms with Crippen LogP contribution in [0.4, 0.5) is 0 Å². The molecule has 0 saturated heterocycles. The van der Waals surface area contributed by atoms with Crippen molar-refractivity contribution in [1.29, 1.82) is 0 Å². The van der Waals surface area contributed by atoms with Crippen LogP contribution in [0.2, 0.25) is 0 Å². The van der Waals surface area contributed by atoms with E-state index in [9.17, 15) is 9.59 Å². The van der Waals surface area contributed by atoms with Crippen LogP contribution in [-0.4, -0.2) is 11.9 Å². The standard InChI is InChI=1S/C28H22O4S2/c1-17(29)31-27(23-15-33-25-13-7-5-9-19(23)25)21-11-3-4-12-22(21)28(32-18(2)30)24-16-34-26-14-8-6-10-20(24)26/h3-16,27-28H,1-2H3. The number of hydrogen-bond acceptors (Lipinski definition) is 6. The van der Waals surface area contributed by atoms with E-state index in [-0.39, 0.29) is 11.9 Å². The maximum Gasteiger partial charge on any atom is 0.303 e. The smallest absolute Gasteiger partial charge is 0.303 e. The Labute approximate surface area is 205 Å². The first-order valence-corrected chi connectivity index (χ1v) is 12.6. The third-order valence-electron chi connectivity index (χ3n) is 5.72. The van der Waals surface area contributed by atoms with E-state index in [0.29, 0.717) is 0 Å². The molecule has 0 fully saturated rings. The Bertz CT molecular complexity index is 1380. The number of esters is 2. The fourth-order valence-electron chi connectivity index (χ4n) is 4.31. The van der Waals surface area contributed by atoms with Crippen LogP contribution in [0, 0.1) is 0 Å². The van der Waals surface area contributed by atoms with Crippen molar-refractivity contribution in [2.45, 2.75) is 26.1 Å². The molecule has 2 atom stereocenters. The summed E-state index contributed by atoms with van der Waals surface area (Å²) in [6, 6.07) is 23.9. The van der Waals surface area contributed by atoms with Crippen LogP contribution in [0.1, 0.15) is 48.3 Å². The predicted molar refractivity (Wildman–Crippen MR) is 137 cm³/mol. The predicted octanol–water partition coefficient (Wildman–Crippen LogP) is 7.42. The molecule has 4 nitrogen and oxygen atoms in total. The normalized spacial score (nSPS) is 13.0. The average Bonchev–Trinajstić information content (AvgIpc) is 3.45. The Hall–Kier alpha value is -3.48. The minimum atomic E-state index is -0.632. The van der Waals surface area contributed by atoms with Crippen LogP contribution in [0.5, 0.6) is 0 Å². The summed E-state index contributed by atoms with van der Waals surface area (Å²) in [4.78, 5) is 24.4. The number of ether oxygens (including phenoxy) is 2. The van der Waals surface area contributed by atoms with Gasteiger partial charge in [-0.1, -0.05) is 60.7 Å². The largest absolute Gasteiger partial charge is 0.453 e. The molecule has 170 valence electrons. The highest BCUT2D eigenvalue weighted by molar-refractivity contribution is 7.17. The zero-order valence-corrected chi connectivity index (χ0v) is 20.3. The van der Waals surface area contributed by atoms with E-state index in [2.05, 4.69) is 12.1 Å². The minimum absolute atomic E-state index is 0.375. The highest BCUT2D eigenvalue weighted by Crippen LogP contribution is 2.42. The summed E-state index contributed by atoms with van der Waals surface area (Å²) in [5.41, 5.74) is 3.42. The molecule has 0 aliphatic heterocycles. The Kier molecular flexibility index (Phi) is 6.18. The van der Waals surface area contributed by atoms with Crippen molar-refractivity contribution in [3.05, 3.63) is 106 Å². The van der Waals surface area contributed by atoms with Gasteiger partial charge in [0.05, 0.1) is 0 Å². The van der Waals surface area contributed by atoms with E-state index in [1.165, 1.54) is 13.8 Å². The summed E-state index contributed by atoms with van der Waals surface area (Å²) in [5.74, 6) is -0.750. The fraction of sp³-hybridized carbons (Fsp3) is 0.143. The maximum absolute atomic E-state index is 12.2. The summed E-state index contributed by atoms with van der Waals surface area (Å²) in [7, 11) is 0. The van der Waals surface area contributed by atoms with Gasteiger partial charge in [-0.05, 0) is 33.7 Å². The fourth-order valence-corrected chi connectivity index (χ4v) is 6.26. The molecule has 0 spiro atoms. The van der Waals surface area contributed by atoms with Gasteiger partial charge in [0.2, 0.25) is 0 Å². The first-order chi connectivity index (χ1) is 16.5. The second kappa shape index (κ2) is 9.41. The van der Waals surface area contributed by atoms with Crippen LogP contribution in [0.25, 0.3) is 20.2 Å². The minimum Gasteiger partial charge on any atom is -0.453 e. The van der Waals surface area contributed by atoms with Gasteiger partial charge in [-0.3, -0.25) is 9.59 Å². The highest BCUT2D eigenvalue weighted by atomic mass is 32.1. The lowest BCUT2D eigenvalue weighted by atomic mass is 9.90. The zero-order chi connectivity index (χ0) is 23.7. The number of thiophene rings is 2. The summed E-state index contributed by atoms with van der Waals surface area (Å²) >= 11 is 3.23. The molecule has 3 aromatic carbocycles. The lowest BCUT2D eigenvalue weighted by Gasteiger charge is -2.25. The second-order valence-corrected chi connectivity index (χ2v) is 9.80. The van der Waals surface area contributed by atoms with E-state index in [1.807, 2.05) is 71.4 Å². The maximum atomic E-state index is 12.2. The Balaban J connectivity index is 1.71. The van der Waals surface area contributed by atoms with Gasteiger partial charge in [-0.2, -0.15) is 0 Å². The number of carbonyl (C=O) groups is 2. The molecule has 34 heavy (non-hydrogen) atoms. The Morgan fingerprint density at radius 3 is 1.38 bits per heavy atom. The molecule has 2 heterocycles. The third kappa shape index (κ3) is 4.22. The second-order valence-electron chi connectivity index (χ2n) is 7.98. The van der Waals surface area contributed by atoms with Crippen LogP contribution >= 0.6 is 22.7 Å². The van der Waals surface area contributed by atoms with Gasteiger partial charge < -0.3 is 9.47 Å². The summed E-state index contributed by atoms with van der Waals surface area (Å²) < 4.78 is 14.1. The van der Waals surface area contributed by atoms with Crippen molar-refractivity contribution in [3.8, 4) is 0 Å². The number of rotatable bonds is 6. The first kappa shape index (κ1) is 22.3. The highest BCUT2D eigenvalue weighted by Gasteiger charge is 2.29. The average molecular weight is 487 g/mol. The Morgan fingerprint density at radius 2 is 0.971 bits per heavy atom. The van der Waals surface area contributed by atoms with Crippen molar-refractivity contribution in [2.24, 2.45) is 0 Å². The molecule has 2 aromatic heterocycles. The van der Waals surface area contributed by atoms with E-state index in [4.69, 9.17) is 9.47 Å². The Morgan fingerprint density at radius 1 is 0.588 bits per heavy atom. The lowest BCUT2D eigenvalue weighted by Crippen LogP contribution is -2.16. The number of benzene rings is 3. The van der Waals surface area contributed by atoms with Crippen molar-refractivity contribution < 1.29 is 19.1 Å². The summed E-state index contributed by atoms with van der Waals surface area (Å²) in [6.07, 6.45) is -1.26. The van der Waals surface area contributed by atoms with Gasteiger partial charge >= 0.3 is 11.9 Å². The zero-order valence-electron chi connectivity index (χ0n) is 18.7. The van der Waals surface area contributed by atoms with Crippen LogP contribution in [0.3, 0.4) is 0 Å². The van der Waals surface area contributed by atoms with Gasteiger partial charge in [-0.15, -0.1) is 22.7 Å². The molecule has 5 rings (SSSR count). The monoisotopic (exact) mass is 486 g/mol. The number of hydrogen-bond donors (Lipinski definition) is 0. The quantitative estimate of drug-likeness (QED) is 0.234. The molecule has 5 aromatic rings. The molecule has 2 unspecified atom stereocenters. The van der Waals surface area contributed by atoms with Gasteiger partial charge in [0.15, 0.2) is 12.2 Å². The summed E-state index contributed by atoms with van der Waals surface area (Å²) in [5, 5.41) is 6.16. The molecule has 0 aliphatic carbocycles. The van der Waals surface area contributed by atoms with Gasteiger partial charge in [-0.25, -0.2) is 0 Å². The van der Waals surface area contributed by atoms with Gasteiger partial charge in [0, 0.05) is 45.5 Å². The first-order valence-electron chi connectivity index (χ1n) is 10.9. The number of carbonyl (C=O) groups excluding carboxylic acids is 2. The molecule has 0 bridgehead atoms. The molecule has 0 amide bonds.